The number of rotatable bonds is 5. The van der Waals surface area contributed by atoms with E-state index in [1.807, 2.05) is 0 Å². The Hall–Kier alpha value is -2.54. The normalized spacial score (nSPS) is 10.4. The molecule has 1 aromatic heterocycles. The van der Waals surface area contributed by atoms with Gasteiger partial charge in [0.25, 0.3) is 5.69 Å². The first-order valence-electron chi connectivity index (χ1n) is 6.26. The number of nitro benzene ring substituents is 1. The Balaban J connectivity index is 2.72. The molecule has 0 radical (unpaired) electrons. The van der Waals surface area contributed by atoms with Crippen LogP contribution in [0.5, 0.6) is 0 Å². The topological polar surface area (TPSA) is 79.5 Å². The molecule has 0 unspecified atom stereocenters. The molecule has 2 aromatic rings. The van der Waals surface area contributed by atoms with E-state index in [0.29, 0.717) is 5.69 Å². The van der Waals surface area contributed by atoms with Gasteiger partial charge in [-0.05, 0) is 18.2 Å². The number of hydrogen-bond acceptors (Lipinski definition) is 5. The summed E-state index contributed by atoms with van der Waals surface area (Å²) in [6.45, 7) is -0.0596. The smallest absolute Gasteiger partial charge is 0.293 e. The minimum absolute atomic E-state index is 0.0563. The third-order valence-electron chi connectivity index (χ3n) is 3.04. The van der Waals surface area contributed by atoms with Gasteiger partial charge < -0.3 is 10.0 Å². The largest absolute Gasteiger partial charge is 0.395 e. The maximum atomic E-state index is 14.2. The van der Waals surface area contributed by atoms with Crippen molar-refractivity contribution in [1.82, 2.24) is 4.98 Å². The number of nitro groups is 1. The average molecular weight is 291 g/mol. The van der Waals surface area contributed by atoms with Crippen molar-refractivity contribution in [3.05, 3.63) is 52.5 Å². The second kappa shape index (κ2) is 6.27. The average Bonchev–Trinajstić information content (AvgIpc) is 2.47. The SMILES string of the molecule is CN(CCO)c1c([N+](=O)[O-])ccc(F)c1-c1ccccn1. The minimum Gasteiger partial charge on any atom is -0.395 e. The number of halogens is 1. The van der Waals surface area contributed by atoms with Crippen LogP contribution in [-0.2, 0) is 0 Å². The van der Waals surface area contributed by atoms with Gasteiger partial charge >= 0.3 is 0 Å². The molecular weight excluding hydrogens is 277 g/mol. The van der Waals surface area contributed by atoms with E-state index in [1.165, 1.54) is 11.1 Å². The fourth-order valence-electron chi connectivity index (χ4n) is 2.11. The fourth-order valence-corrected chi connectivity index (χ4v) is 2.11. The van der Waals surface area contributed by atoms with Gasteiger partial charge in [-0.25, -0.2) is 4.39 Å². The van der Waals surface area contributed by atoms with E-state index in [4.69, 9.17) is 5.11 Å². The maximum Gasteiger partial charge on any atom is 0.293 e. The third-order valence-corrected chi connectivity index (χ3v) is 3.04. The minimum atomic E-state index is -0.598. The quantitative estimate of drug-likeness (QED) is 0.675. The Kier molecular flexibility index (Phi) is 4.44. The third kappa shape index (κ3) is 2.97. The van der Waals surface area contributed by atoms with Crippen molar-refractivity contribution < 1.29 is 14.4 Å². The summed E-state index contributed by atoms with van der Waals surface area (Å²) < 4.78 is 14.2. The van der Waals surface area contributed by atoms with E-state index in [9.17, 15) is 14.5 Å². The highest BCUT2D eigenvalue weighted by atomic mass is 19.1. The maximum absolute atomic E-state index is 14.2. The number of pyridine rings is 1. The van der Waals surface area contributed by atoms with E-state index in [0.717, 1.165) is 12.1 Å². The molecule has 110 valence electrons. The Morgan fingerprint density at radius 2 is 2.14 bits per heavy atom. The first kappa shape index (κ1) is 14.9. The Morgan fingerprint density at radius 1 is 1.38 bits per heavy atom. The Morgan fingerprint density at radius 3 is 2.71 bits per heavy atom. The lowest BCUT2D eigenvalue weighted by atomic mass is 10.1. The van der Waals surface area contributed by atoms with Crippen LogP contribution in [-0.4, -0.2) is 35.2 Å². The van der Waals surface area contributed by atoms with Gasteiger partial charge in [0.15, 0.2) is 0 Å². The van der Waals surface area contributed by atoms with Gasteiger partial charge in [-0.15, -0.1) is 0 Å². The van der Waals surface area contributed by atoms with Crippen molar-refractivity contribution in [2.24, 2.45) is 0 Å². The number of aromatic nitrogens is 1. The van der Waals surface area contributed by atoms with Crippen LogP contribution in [0, 0.1) is 15.9 Å². The molecule has 0 fully saturated rings. The zero-order chi connectivity index (χ0) is 15.4. The van der Waals surface area contributed by atoms with Crippen molar-refractivity contribution in [1.29, 1.82) is 0 Å². The van der Waals surface area contributed by atoms with Gasteiger partial charge in [0.1, 0.15) is 11.5 Å². The molecule has 0 aliphatic heterocycles. The molecule has 0 aliphatic carbocycles. The predicted molar refractivity (Wildman–Crippen MR) is 76.6 cm³/mol. The van der Waals surface area contributed by atoms with Crippen molar-refractivity contribution >= 4 is 11.4 Å². The van der Waals surface area contributed by atoms with Crippen LogP contribution < -0.4 is 4.90 Å². The second-order valence-corrected chi connectivity index (χ2v) is 4.41. The predicted octanol–water partition coefficient (Wildman–Crippen LogP) is 2.22. The van der Waals surface area contributed by atoms with Crippen LogP contribution in [0.1, 0.15) is 0 Å². The van der Waals surface area contributed by atoms with Crippen LogP contribution in [0.4, 0.5) is 15.8 Å². The van der Waals surface area contributed by atoms with Crippen molar-refractivity contribution in [2.45, 2.75) is 0 Å². The van der Waals surface area contributed by atoms with Crippen LogP contribution in [0.2, 0.25) is 0 Å². The van der Waals surface area contributed by atoms with E-state index < -0.39 is 10.7 Å². The van der Waals surface area contributed by atoms with E-state index in [1.54, 1.807) is 25.2 Å². The lowest BCUT2D eigenvalue weighted by molar-refractivity contribution is -0.384. The molecule has 21 heavy (non-hydrogen) atoms. The first-order chi connectivity index (χ1) is 10.1. The van der Waals surface area contributed by atoms with Crippen LogP contribution >= 0.6 is 0 Å². The molecule has 0 saturated carbocycles. The second-order valence-electron chi connectivity index (χ2n) is 4.41. The van der Waals surface area contributed by atoms with Crippen molar-refractivity contribution in [3.8, 4) is 11.3 Å². The molecule has 0 amide bonds. The molecule has 7 heteroatoms. The van der Waals surface area contributed by atoms with Crippen molar-refractivity contribution in [2.75, 3.05) is 25.1 Å². The van der Waals surface area contributed by atoms with Crippen LogP contribution in [0.25, 0.3) is 11.3 Å². The molecule has 6 nitrogen and oxygen atoms in total. The van der Waals surface area contributed by atoms with Gasteiger partial charge in [-0.3, -0.25) is 15.1 Å². The van der Waals surface area contributed by atoms with Gasteiger partial charge in [0.2, 0.25) is 0 Å². The van der Waals surface area contributed by atoms with Crippen molar-refractivity contribution in [3.63, 3.8) is 0 Å². The van der Waals surface area contributed by atoms with E-state index >= 15 is 0 Å². The number of likely N-dealkylation sites (N-methyl/N-ethyl adjacent to an activating group) is 1. The number of aliphatic hydroxyl groups excluding tert-OH is 1. The summed E-state index contributed by atoms with van der Waals surface area (Å²) in [6.07, 6.45) is 1.49. The molecule has 0 atom stereocenters. The summed E-state index contributed by atoms with van der Waals surface area (Å²) >= 11 is 0. The van der Waals surface area contributed by atoms with E-state index in [-0.39, 0.29) is 30.1 Å². The highest BCUT2D eigenvalue weighted by Gasteiger charge is 2.25. The van der Waals surface area contributed by atoms with Gasteiger partial charge in [-0.2, -0.15) is 0 Å². The molecule has 0 spiro atoms. The lowest BCUT2D eigenvalue weighted by Gasteiger charge is -2.21. The first-order valence-corrected chi connectivity index (χ1v) is 6.26. The molecule has 1 heterocycles. The van der Waals surface area contributed by atoms with Crippen LogP contribution in [0.15, 0.2) is 36.5 Å². The number of aliphatic hydroxyl groups is 1. The zero-order valence-electron chi connectivity index (χ0n) is 11.4. The molecule has 0 saturated heterocycles. The summed E-state index contributed by atoms with van der Waals surface area (Å²) in [5, 5.41) is 20.2. The van der Waals surface area contributed by atoms with Crippen LogP contribution in [0.3, 0.4) is 0 Å². The number of nitrogens with zero attached hydrogens (tertiary/aromatic N) is 3. The summed E-state index contributed by atoms with van der Waals surface area (Å²) in [6, 6.07) is 7.11. The summed E-state index contributed by atoms with van der Waals surface area (Å²) in [5.41, 5.74) is 0.236. The van der Waals surface area contributed by atoms with E-state index in [2.05, 4.69) is 4.98 Å². The number of anilines is 1. The molecule has 0 aliphatic rings. The molecule has 1 aromatic carbocycles. The number of benzene rings is 1. The molecular formula is C14H14FN3O3. The fraction of sp³-hybridized carbons (Fsp3) is 0.214. The molecule has 0 bridgehead atoms. The summed E-state index contributed by atoms with van der Waals surface area (Å²) in [4.78, 5) is 16.1. The molecule has 1 N–H and O–H groups in total. The lowest BCUT2D eigenvalue weighted by Crippen LogP contribution is -2.23. The standard InChI is InChI=1S/C14H14FN3O3/c1-17(8-9-19)14-12(18(20)21)6-5-10(15)13(14)11-4-2-3-7-16-11/h2-7,19H,8-9H2,1H3. The Labute approximate surface area is 120 Å². The van der Waals surface area contributed by atoms with Gasteiger partial charge in [-0.1, -0.05) is 6.07 Å². The highest BCUT2D eigenvalue weighted by molar-refractivity contribution is 5.84. The summed E-state index contributed by atoms with van der Waals surface area (Å²) in [5.74, 6) is -0.598. The van der Waals surface area contributed by atoms with Gasteiger partial charge in [0, 0.05) is 25.9 Å². The molecule has 2 rings (SSSR count). The summed E-state index contributed by atoms with van der Waals surface area (Å²) in [7, 11) is 1.56. The number of hydrogen-bond donors (Lipinski definition) is 1. The highest BCUT2D eigenvalue weighted by Crippen LogP contribution is 2.39. The van der Waals surface area contributed by atoms with Gasteiger partial charge in [0.05, 0.1) is 22.8 Å². The Bertz CT molecular complexity index is 649. The zero-order valence-corrected chi connectivity index (χ0v) is 11.4. The monoisotopic (exact) mass is 291 g/mol.